The molecule has 0 aliphatic rings. The van der Waals surface area contributed by atoms with Crippen LogP contribution in [0.1, 0.15) is 271 Å². The lowest BCUT2D eigenvalue weighted by Crippen LogP contribution is -2.30. The van der Waals surface area contributed by atoms with Gasteiger partial charge in [-0.2, -0.15) is 0 Å². The van der Waals surface area contributed by atoms with Crippen LogP contribution in [0.2, 0.25) is 0 Å². The molecule has 6 heteroatoms. The van der Waals surface area contributed by atoms with Crippen molar-refractivity contribution < 1.29 is 28.6 Å². The van der Waals surface area contributed by atoms with Gasteiger partial charge in [-0.25, -0.2) is 0 Å². The molecule has 0 aromatic carbocycles. The van der Waals surface area contributed by atoms with Crippen molar-refractivity contribution in [3.63, 3.8) is 0 Å². The van der Waals surface area contributed by atoms with E-state index in [0.29, 0.717) is 19.3 Å². The Morgan fingerprint density at radius 2 is 0.571 bits per heavy atom. The Balaban J connectivity index is 4.56. The summed E-state index contributed by atoms with van der Waals surface area (Å²) in [6, 6.07) is 0. The minimum atomic E-state index is -0.832. The zero-order valence-electron chi connectivity index (χ0n) is 45.8. The largest absolute Gasteiger partial charge is 0.462 e. The fourth-order valence-corrected chi connectivity index (χ4v) is 7.88. The van der Waals surface area contributed by atoms with Gasteiger partial charge in [-0.05, 0) is 109 Å². The Morgan fingerprint density at radius 1 is 0.300 bits per heavy atom. The van der Waals surface area contributed by atoms with Crippen LogP contribution in [0.25, 0.3) is 0 Å². The molecular formula is C64H108O6. The molecular weight excluding hydrogens is 865 g/mol. The van der Waals surface area contributed by atoms with Crippen LogP contribution in [-0.2, 0) is 28.6 Å². The van der Waals surface area contributed by atoms with E-state index in [2.05, 4.69) is 118 Å². The molecule has 0 radical (unpaired) electrons. The number of esters is 3. The lowest BCUT2D eigenvalue weighted by molar-refractivity contribution is -0.167. The van der Waals surface area contributed by atoms with Crippen LogP contribution in [0.3, 0.4) is 0 Å². The highest BCUT2D eigenvalue weighted by Crippen LogP contribution is 2.13. The van der Waals surface area contributed by atoms with Gasteiger partial charge < -0.3 is 14.2 Å². The van der Waals surface area contributed by atoms with Gasteiger partial charge in [-0.1, -0.05) is 240 Å². The van der Waals surface area contributed by atoms with Gasteiger partial charge in [-0.3, -0.25) is 14.4 Å². The number of ether oxygens (including phenoxy) is 3. The summed E-state index contributed by atoms with van der Waals surface area (Å²) in [6.07, 6.45) is 77.0. The van der Waals surface area contributed by atoms with E-state index in [0.717, 1.165) is 77.0 Å². The smallest absolute Gasteiger partial charge is 0.306 e. The van der Waals surface area contributed by atoms with E-state index in [-0.39, 0.29) is 44.0 Å². The summed E-state index contributed by atoms with van der Waals surface area (Å²) in [7, 11) is 0. The number of rotatable bonds is 52. The predicted molar refractivity (Wildman–Crippen MR) is 302 cm³/mol. The lowest BCUT2D eigenvalue weighted by Gasteiger charge is -2.18. The molecule has 0 spiro atoms. The molecule has 1 unspecified atom stereocenters. The molecule has 0 N–H and O–H groups in total. The summed E-state index contributed by atoms with van der Waals surface area (Å²) in [6.45, 7) is 6.53. The average molecular weight is 974 g/mol. The maximum atomic E-state index is 12.8. The summed E-state index contributed by atoms with van der Waals surface area (Å²) in [5.41, 5.74) is 0. The molecule has 0 aromatic heterocycles. The number of hydrogen-bond acceptors (Lipinski definition) is 6. The van der Waals surface area contributed by atoms with Crippen molar-refractivity contribution in [2.75, 3.05) is 13.2 Å². The van der Waals surface area contributed by atoms with Crippen molar-refractivity contribution in [1.82, 2.24) is 0 Å². The average Bonchev–Trinajstić information content (AvgIpc) is 3.36. The topological polar surface area (TPSA) is 78.9 Å². The molecule has 0 aliphatic heterocycles. The first-order chi connectivity index (χ1) is 34.5. The number of allylic oxidation sites excluding steroid dienone is 16. The van der Waals surface area contributed by atoms with E-state index in [1.807, 2.05) is 0 Å². The van der Waals surface area contributed by atoms with Crippen molar-refractivity contribution in [2.45, 2.75) is 277 Å². The highest BCUT2D eigenvalue weighted by molar-refractivity contribution is 5.71. The van der Waals surface area contributed by atoms with Crippen molar-refractivity contribution in [1.29, 1.82) is 0 Å². The Hall–Kier alpha value is -3.67. The predicted octanol–water partition coefficient (Wildman–Crippen LogP) is 19.7. The van der Waals surface area contributed by atoms with E-state index in [9.17, 15) is 14.4 Å². The zero-order valence-corrected chi connectivity index (χ0v) is 45.8. The quantitative estimate of drug-likeness (QED) is 0.0199. The zero-order chi connectivity index (χ0) is 50.7. The third-order valence-electron chi connectivity index (χ3n) is 12.3. The second kappa shape index (κ2) is 57.9. The summed E-state index contributed by atoms with van der Waals surface area (Å²) in [5.74, 6) is -1.04. The fourth-order valence-electron chi connectivity index (χ4n) is 7.88. The number of unbranched alkanes of at least 4 members (excludes halogenated alkanes) is 26. The van der Waals surface area contributed by atoms with E-state index < -0.39 is 6.10 Å². The monoisotopic (exact) mass is 973 g/mol. The summed E-state index contributed by atoms with van der Waals surface area (Å²) < 4.78 is 16.8. The minimum Gasteiger partial charge on any atom is -0.462 e. The molecule has 0 amide bonds. The van der Waals surface area contributed by atoms with E-state index in [1.54, 1.807) is 0 Å². The first-order valence-corrected chi connectivity index (χ1v) is 29.3. The Kier molecular flexibility index (Phi) is 54.9. The highest BCUT2D eigenvalue weighted by Gasteiger charge is 2.19. The maximum absolute atomic E-state index is 12.8. The second-order valence-electron chi connectivity index (χ2n) is 19.2. The van der Waals surface area contributed by atoms with Crippen LogP contribution in [0.15, 0.2) is 97.2 Å². The molecule has 0 bridgehead atoms. The normalized spacial score (nSPS) is 12.8. The maximum Gasteiger partial charge on any atom is 0.306 e. The van der Waals surface area contributed by atoms with Crippen LogP contribution >= 0.6 is 0 Å². The van der Waals surface area contributed by atoms with Crippen molar-refractivity contribution in [3.8, 4) is 0 Å². The van der Waals surface area contributed by atoms with Crippen LogP contribution in [0.4, 0.5) is 0 Å². The molecule has 6 nitrogen and oxygen atoms in total. The van der Waals surface area contributed by atoms with Gasteiger partial charge in [0.15, 0.2) is 6.10 Å². The van der Waals surface area contributed by atoms with Gasteiger partial charge in [0.05, 0.1) is 0 Å². The number of carbonyl (C=O) groups excluding carboxylic acids is 3. The van der Waals surface area contributed by atoms with E-state index in [1.165, 1.54) is 141 Å². The van der Waals surface area contributed by atoms with Gasteiger partial charge in [0.2, 0.25) is 0 Å². The molecule has 0 aliphatic carbocycles. The molecule has 0 rings (SSSR count). The summed E-state index contributed by atoms with van der Waals surface area (Å²) in [4.78, 5) is 38.1. The van der Waals surface area contributed by atoms with E-state index >= 15 is 0 Å². The lowest BCUT2D eigenvalue weighted by atomic mass is 10.1. The second-order valence-corrected chi connectivity index (χ2v) is 19.2. The van der Waals surface area contributed by atoms with E-state index in [4.69, 9.17) is 14.2 Å². The first-order valence-electron chi connectivity index (χ1n) is 29.3. The van der Waals surface area contributed by atoms with Crippen LogP contribution in [-0.4, -0.2) is 37.2 Å². The summed E-state index contributed by atoms with van der Waals surface area (Å²) in [5, 5.41) is 0. The molecule has 70 heavy (non-hydrogen) atoms. The fraction of sp³-hybridized carbons (Fsp3) is 0.703. The first kappa shape index (κ1) is 66.3. The van der Waals surface area contributed by atoms with Gasteiger partial charge in [0.1, 0.15) is 13.2 Å². The third-order valence-corrected chi connectivity index (χ3v) is 12.3. The van der Waals surface area contributed by atoms with Crippen molar-refractivity contribution in [2.24, 2.45) is 0 Å². The third kappa shape index (κ3) is 55.3. The van der Waals surface area contributed by atoms with Crippen LogP contribution in [0.5, 0.6) is 0 Å². The molecule has 0 saturated carbocycles. The Bertz CT molecular complexity index is 1400. The Labute approximate surface area is 432 Å². The summed E-state index contributed by atoms with van der Waals surface area (Å²) >= 11 is 0. The highest BCUT2D eigenvalue weighted by atomic mass is 16.6. The molecule has 1 atom stereocenters. The molecule has 400 valence electrons. The number of carbonyl (C=O) groups is 3. The SMILES string of the molecule is CCCCCCCC/C=C\C/C=C\C/C=C\CCCC(=O)OCC(COC(=O)CCCCCCC/C=C\C=C/CCCCCCCCC)OC(=O)CCC/C=C\C/C=C\C/C=C\CCCCCCCC. The van der Waals surface area contributed by atoms with Crippen molar-refractivity contribution in [3.05, 3.63) is 97.2 Å². The van der Waals surface area contributed by atoms with Gasteiger partial charge in [0.25, 0.3) is 0 Å². The van der Waals surface area contributed by atoms with Gasteiger partial charge in [0, 0.05) is 19.3 Å². The molecule has 0 aromatic rings. The van der Waals surface area contributed by atoms with Gasteiger partial charge >= 0.3 is 17.9 Å². The molecule has 0 fully saturated rings. The molecule has 0 saturated heterocycles. The number of hydrogen-bond donors (Lipinski definition) is 0. The van der Waals surface area contributed by atoms with Crippen LogP contribution in [0, 0.1) is 0 Å². The minimum absolute atomic E-state index is 0.122. The standard InChI is InChI=1S/C64H108O6/c1-4-7-10-13-16-19-22-25-28-31-34-36-39-42-45-48-51-54-57-63(66)69-60-61(70-64(67)58-55-52-49-46-43-40-37-33-30-27-24-21-18-15-12-9-6-3)59-68-62(65)56-53-50-47-44-41-38-35-32-29-26-23-20-17-14-11-8-5-2/h26-31,34-38,40,44,46-47,49,61H,4-25,32-33,39,41-43,45,48,50-60H2,1-3H3/b29-26-,30-27-,31-28-,36-34-,38-35-,40-37-,47-44-,49-46-. The van der Waals surface area contributed by atoms with Crippen molar-refractivity contribution >= 4 is 17.9 Å². The van der Waals surface area contributed by atoms with Crippen LogP contribution < -0.4 is 0 Å². The Morgan fingerprint density at radius 3 is 0.943 bits per heavy atom. The van der Waals surface area contributed by atoms with Gasteiger partial charge in [-0.15, -0.1) is 0 Å². The molecule has 0 heterocycles.